The van der Waals surface area contributed by atoms with Gasteiger partial charge < -0.3 is 4.74 Å². The molecule has 8 heteroatoms. The molecule has 3 rings (SSSR count). The first-order chi connectivity index (χ1) is 13.4. The number of hydrogen-bond donors (Lipinski definition) is 0. The lowest BCUT2D eigenvalue weighted by Gasteiger charge is -2.14. The summed E-state index contributed by atoms with van der Waals surface area (Å²) in [6, 6.07) is 11.9. The highest BCUT2D eigenvalue weighted by Gasteiger charge is 2.39. The maximum Gasteiger partial charge on any atom is 0.268 e. The highest BCUT2D eigenvalue weighted by Crippen LogP contribution is 2.42. The predicted molar refractivity (Wildman–Crippen MR) is 114 cm³/mol. The summed E-state index contributed by atoms with van der Waals surface area (Å²) in [4.78, 5) is 28.5. The second kappa shape index (κ2) is 9.33. The van der Waals surface area contributed by atoms with E-state index in [2.05, 4.69) is 0 Å². The molecule has 0 atom stereocenters. The summed E-state index contributed by atoms with van der Waals surface area (Å²) in [5.41, 5.74) is 0.763. The zero-order valence-electron chi connectivity index (χ0n) is 14.9. The van der Waals surface area contributed by atoms with E-state index in [1.807, 2.05) is 0 Å². The van der Waals surface area contributed by atoms with Crippen molar-refractivity contribution in [2.45, 2.75) is 11.3 Å². The fourth-order valence-corrected chi connectivity index (χ4v) is 4.40. The van der Waals surface area contributed by atoms with Crippen LogP contribution in [-0.4, -0.2) is 37.0 Å². The van der Waals surface area contributed by atoms with E-state index >= 15 is 0 Å². The first-order valence-corrected chi connectivity index (χ1v) is 10.4. The number of halogens is 3. The lowest BCUT2D eigenvalue weighted by atomic mass is 10.1. The number of carbonyl (C=O) groups excluding carboxylic acids is 2. The Morgan fingerprint density at radius 1 is 0.964 bits per heavy atom. The van der Waals surface area contributed by atoms with Crippen LogP contribution in [0.4, 0.5) is 0 Å². The number of hydrogen-bond acceptors (Lipinski definition) is 4. The van der Waals surface area contributed by atoms with Crippen molar-refractivity contribution in [3.8, 4) is 0 Å². The molecule has 28 heavy (non-hydrogen) atoms. The van der Waals surface area contributed by atoms with E-state index in [1.54, 1.807) is 49.6 Å². The zero-order valence-corrected chi connectivity index (χ0v) is 18.0. The van der Waals surface area contributed by atoms with Gasteiger partial charge in [-0.3, -0.25) is 14.5 Å². The van der Waals surface area contributed by atoms with Crippen molar-refractivity contribution in [1.82, 2.24) is 4.90 Å². The van der Waals surface area contributed by atoms with Gasteiger partial charge in [0.1, 0.15) is 0 Å². The predicted octanol–water partition coefficient (Wildman–Crippen LogP) is 5.56. The maximum absolute atomic E-state index is 13.1. The molecule has 0 saturated carbocycles. The van der Waals surface area contributed by atoms with Gasteiger partial charge in [0.25, 0.3) is 11.8 Å². The fraction of sp³-hybridized carbons (Fsp3) is 0.200. The van der Waals surface area contributed by atoms with Gasteiger partial charge in [-0.1, -0.05) is 52.6 Å². The van der Waals surface area contributed by atoms with Crippen LogP contribution < -0.4 is 0 Å². The van der Waals surface area contributed by atoms with Gasteiger partial charge in [0.2, 0.25) is 0 Å². The Bertz CT molecular complexity index is 944. The molecule has 0 aliphatic carbocycles. The molecule has 0 N–H and O–H groups in total. The van der Waals surface area contributed by atoms with Crippen molar-refractivity contribution in [1.29, 1.82) is 0 Å². The van der Waals surface area contributed by atoms with Crippen LogP contribution >= 0.6 is 46.6 Å². The number of rotatable bonds is 7. The molecular weight excluding hydrogens is 441 g/mol. The standard InChI is InChI=1S/C20H16Cl3NO3S/c1-27-10-2-9-24-19(25)17(15-8-5-13(22)11-16(15)23)18(20(24)26)28-14-6-3-12(21)4-7-14/h3-8,11H,2,9-10H2,1H3. The molecule has 0 fully saturated rings. The van der Waals surface area contributed by atoms with Crippen molar-refractivity contribution in [2.24, 2.45) is 0 Å². The summed E-state index contributed by atoms with van der Waals surface area (Å²) >= 11 is 19.5. The van der Waals surface area contributed by atoms with E-state index in [0.717, 1.165) is 4.90 Å². The molecule has 2 aromatic carbocycles. The molecule has 0 unspecified atom stereocenters. The highest BCUT2D eigenvalue weighted by molar-refractivity contribution is 8.04. The van der Waals surface area contributed by atoms with Gasteiger partial charge in [0.05, 0.1) is 15.5 Å². The van der Waals surface area contributed by atoms with Gasteiger partial charge >= 0.3 is 0 Å². The SMILES string of the molecule is COCCCN1C(=O)C(Sc2ccc(Cl)cc2)=C(c2ccc(Cl)cc2Cl)C1=O. The molecule has 0 aromatic heterocycles. The Labute approximate surface area is 182 Å². The smallest absolute Gasteiger partial charge is 0.268 e. The third kappa shape index (κ3) is 4.56. The first-order valence-electron chi connectivity index (χ1n) is 8.40. The molecule has 1 heterocycles. The Morgan fingerprint density at radius 3 is 2.29 bits per heavy atom. The zero-order chi connectivity index (χ0) is 20.3. The number of ether oxygens (including phenoxy) is 1. The van der Waals surface area contributed by atoms with E-state index < -0.39 is 0 Å². The quantitative estimate of drug-likeness (QED) is 0.404. The number of methoxy groups -OCH3 is 1. The average Bonchev–Trinajstić information content (AvgIpc) is 2.88. The summed E-state index contributed by atoms with van der Waals surface area (Å²) in [5, 5.41) is 1.36. The van der Waals surface area contributed by atoms with Crippen LogP contribution in [0.15, 0.2) is 52.3 Å². The van der Waals surface area contributed by atoms with Crippen LogP contribution in [0.1, 0.15) is 12.0 Å². The molecule has 0 saturated heterocycles. The van der Waals surface area contributed by atoms with E-state index in [0.29, 0.717) is 38.6 Å². The lowest BCUT2D eigenvalue weighted by molar-refractivity contribution is -0.136. The van der Waals surface area contributed by atoms with E-state index in [1.165, 1.54) is 16.7 Å². The van der Waals surface area contributed by atoms with Gasteiger partial charge in [-0.05, 0) is 42.8 Å². The lowest BCUT2D eigenvalue weighted by Crippen LogP contribution is -2.33. The summed E-state index contributed by atoms with van der Waals surface area (Å²) in [6.45, 7) is 0.721. The molecule has 146 valence electrons. The van der Waals surface area contributed by atoms with Crippen LogP contribution in [0.25, 0.3) is 5.57 Å². The van der Waals surface area contributed by atoms with E-state index in [4.69, 9.17) is 39.5 Å². The Morgan fingerprint density at radius 2 is 1.64 bits per heavy atom. The van der Waals surface area contributed by atoms with E-state index in [9.17, 15) is 9.59 Å². The van der Waals surface area contributed by atoms with Gasteiger partial charge in [0, 0.05) is 40.8 Å². The third-order valence-electron chi connectivity index (χ3n) is 4.09. The number of nitrogens with zero attached hydrogens (tertiary/aromatic N) is 1. The van der Waals surface area contributed by atoms with Gasteiger partial charge in [0.15, 0.2) is 0 Å². The fourth-order valence-electron chi connectivity index (χ4n) is 2.77. The van der Waals surface area contributed by atoms with Gasteiger partial charge in [-0.15, -0.1) is 0 Å². The van der Waals surface area contributed by atoms with Crippen molar-refractivity contribution in [3.63, 3.8) is 0 Å². The Kier molecular flexibility index (Phi) is 7.07. The summed E-state index contributed by atoms with van der Waals surface area (Å²) in [5.74, 6) is -0.719. The van der Waals surface area contributed by atoms with Gasteiger partial charge in [-0.25, -0.2) is 0 Å². The second-order valence-electron chi connectivity index (χ2n) is 5.99. The summed E-state index contributed by atoms with van der Waals surface area (Å²) in [7, 11) is 1.58. The highest BCUT2D eigenvalue weighted by atomic mass is 35.5. The molecular formula is C20H16Cl3NO3S. The Balaban J connectivity index is 2.03. The third-order valence-corrected chi connectivity index (χ3v) is 5.98. The summed E-state index contributed by atoms with van der Waals surface area (Å²) < 4.78 is 5.03. The first kappa shape index (κ1) is 21.2. The maximum atomic E-state index is 13.1. The molecule has 0 radical (unpaired) electrons. The Hall–Kier alpha value is -1.50. The molecule has 1 aliphatic rings. The van der Waals surface area contributed by atoms with Crippen molar-refractivity contribution >= 4 is 64.0 Å². The number of imide groups is 1. The normalized spacial score (nSPS) is 14.4. The number of benzene rings is 2. The monoisotopic (exact) mass is 455 g/mol. The van der Waals surface area contributed by atoms with Crippen LogP contribution in [-0.2, 0) is 14.3 Å². The van der Waals surface area contributed by atoms with Crippen LogP contribution in [0.3, 0.4) is 0 Å². The minimum atomic E-state index is -0.373. The molecule has 1 aliphatic heterocycles. The van der Waals surface area contributed by atoms with Crippen LogP contribution in [0.2, 0.25) is 15.1 Å². The van der Waals surface area contributed by atoms with Gasteiger partial charge in [-0.2, -0.15) is 0 Å². The van der Waals surface area contributed by atoms with Crippen molar-refractivity contribution < 1.29 is 14.3 Å². The number of carbonyl (C=O) groups is 2. The molecule has 2 amide bonds. The van der Waals surface area contributed by atoms with Crippen LogP contribution in [0, 0.1) is 0 Å². The van der Waals surface area contributed by atoms with Crippen LogP contribution in [0.5, 0.6) is 0 Å². The topological polar surface area (TPSA) is 46.6 Å². The van der Waals surface area contributed by atoms with Crippen molar-refractivity contribution in [3.05, 3.63) is 68.0 Å². The minimum Gasteiger partial charge on any atom is -0.385 e. The number of thioether (sulfide) groups is 1. The summed E-state index contributed by atoms with van der Waals surface area (Å²) in [6.07, 6.45) is 0.550. The molecule has 0 bridgehead atoms. The second-order valence-corrected chi connectivity index (χ2v) is 8.36. The van der Waals surface area contributed by atoms with E-state index in [-0.39, 0.29) is 23.9 Å². The molecule has 2 aromatic rings. The largest absolute Gasteiger partial charge is 0.385 e. The average molecular weight is 457 g/mol. The molecule has 4 nitrogen and oxygen atoms in total. The number of amides is 2. The van der Waals surface area contributed by atoms with Crippen molar-refractivity contribution in [2.75, 3.05) is 20.3 Å². The molecule has 0 spiro atoms. The minimum absolute atomic E-state index is 0.269.